The summed E-state index contributed by atoms with van der Waals surface area (Å²) in [7, 11) is 0. The number of amides is 1. The highest BCUT2D eigenvalue weighted by Gasteiger charge is 2.48. The predicted molar refractivity (Wildman–Crippen MR) is 75.1 cm³/mol. The van der Waals surface area contributed by atoms with E-state index in [-0.39, 0.29) is 17.7 Å². The van der Waals surface area contributed by atoms with E-state index in [0.717, 1.165) is 17.7 Å². The maximum atomic E-state index is 12.5. The summed E-state index contributed by atoms with van der Waals surface area (Å²) in [6, 6.07) is 3.70. The Labute approximate surface area is 123 Å². The number of aliphatic carboxylic acids is 1. The number of anilines is 1. The van der Waals surface area contributed by atoms with Gasteiger partial charge in [0.2, 0.25) is 5.91 Å². The lowest BCUT2D eigenvalue weighted by atomic mass is 9.82. The Morgan fingerprint density at radius 3 is 2.48 bits per heavy atom. The van der Waals surface area contributed by atoms with Crippen molar-refractivity contribution in [3.63, 3.8) is 0 Å². The van der Waals surface area contributed by atoms with E-state index in [9.17, 15) is 14.7 Å². The van der Waals surface area contributed by atoms with Crippen LogP contribution in [-0.2, 0) is 9.59 Å². The zero-order chi connectivity index (χ0) is 15.1. The molecule has 1 N–H and O–H groups in total. The van der Waals surface area contributed by atoms with Gasteiger partial charge in [-0.1, -0.05) is 12.2 Å². The van der Waals surface area contributed by atoms with Crippen LogP contribution in [-0.4, -0.2) is 16.9 Å². The van der Waals surface area contributed by atoms with Gasteiger partial charge in [0.15, 0.2) is 0 Å². The molecule has 2 aliphatic rings. The van der Waals surface area contributed by atoms with Crippen LogP contribution in [0.4, 0.5) is 5.82 Å². The molecular formula is C16H17N2O3-. The number of carbonyl (C=O) groups is 2. The van der Waals surface area contributed by atoms with Crippen LogP contribution in [0.25, 0.3) is 0 Å². The number of aryl methyl sites for hydroxylation is 2. The number of hydrogen-bond acceptors (Lipinski definition) is 4. The van der Waals surface area contributed by atoms with Crippen LogP contribution in [0, 0.1) is 37.5 Å². The van der Waals surface area contributed by atoms with Crippen LogP contribution in [0.2, 0.25) is 0 Å². The van der Waals surface area contributed by atoms with Gasteiger partial charge >= 0.3 is 0 Å². The molecule has 21 heavy (non-hydrogen) atoms. The van der Waals surface area contributed by atoms with E-state index >= 15 is 0 Å². The smallest absolute Gasteiger partial charge is 0.229 e. The predicted octanol–water partition coefficient (Wildman–Crippen LogP) is 0.825. The minimum Gasteiger partial charge on any atom is -0.550 e. The van der Waals surface area contributed by atoms with Gasteiger partial charge in [0.05, 0.1) is 5.92 Å². The minimum atomic E-state index is -1.14. The molecule has 1 aromatic heterocycles. The van der Waals surface area contributed by atoms with E-state index in [0.29, 0.717) is 5.82 Å². The Bertz CT molecular complexity index is 618. The highest BCUT2D eigenvalue weighted by molar-refractivity contribution is 5.95. The summed E-state index contributed by atoms with van der Waals surface area (Å²) in [5.41, 5.74) is 1.82. The third kappa shape index (κ3) is 2.44. The van der Waals surface area contributed by atoms with E-state index in [1.54, 1.807) is 6.07 Å². The van der Waals surface area contributed by atoms with Crippen molar-refractivity contribution in [2.24, 2.45) is 23.7 Å². The van der Waals surface area contributed by atoms with Gasteiger partial charge in [-0.05, 0) is 49.8 Å². The molecule has 110 valence electrons. The molecule has 1 fully saturated rings. The third-order valence-corrected chi connectivity index (χ3v) is 4.38. The van der Waals surface area contributed by atoms with Gasteiger partial charge in [-0.25, -0.2) is 4.98 Å². The number of hydrogen-bond donors (Lipinski definition) is 1. The molecule has 1 heterocycles. The maximum Gasteiger partial charge on any atom is 0.229 e. The largest absolute Gasteiger partial charge is 0.550 e. The first-order chi connectivity index (χ1) is 9.95. The first kappa shape index (κ1) is 13.8. The SMILES string of the molecule is Cc1cc(C)nc(NC(=O)[C@@H]2[C@@H](C(=O)[O-])[C@H]3C=C[C@H]2C3)c1. The van der Waals surface area contributed by atoms with E-state index in [1.165, 1.54) is 0 Å². The third-order valence-electron chi connectivity index (χ3n) is 4.38. The number of nitrogens with one attached hydrogen (secondary N) is 1. The number of carboxylic acids is 1. The van der Waals surface area contributed by atoms with Gasteiger partial charge in [-0.3, -0.25) is 4.79 Å². The van der Waals surface area contributed by atoms with Crippen LogP contribution in [0.15, 0.2) is 24.3 Å². The Balaban J connectivity index is 1.82. The molecule has 0 saturated heterocycles. The first-order valence-corrected chi connectivity index (χ1v) is 7.11. The minimum absolute atomic E-state index is 0.0104. The van der Waals surface area contributed by atoms with Crippen LogP contribution < -0.4 is 10.4 Å². The molecule has 0 aliphatic heterocycles. The molecule has 5 nitrogen and oxygen atoms in total. The summed E-state index contributed by atoms with van der Waals surface area (Å²) in [6.45, 7) is 3.78. The summed E-state index contributed by atoms with van der Waals surface area (Å²) < 4.78 is 0. The number of carbonyl (C=O) groups excluding carboxylic acids is 2. The van der Waals surface area contributed by atoms with Crippen LogP contribution >= 0.6 is 0 Å². The molecule has 4 atom stereocenters. The number of rotatable bonds is 3. The molecule has 1 saturated carbocycles. The Hall–Kier alpha value is -2.17. The van der Waals surface area contributed by atoms with E-state index < -0.39 is 17.8 Å². The molecule has 1 aromatic rings. The lowest BCUT2D eigenvalue weighted by Crippen LogP contribution is -2.43. The first-order valence-electron chi connectivity index (χ1n) is 7.11. The molecule has 0 spiro atoms. The average Bonchev–Trinajstić information content (AvgIpc) is 2.96. The second-order valence-corrected chi connectivity index (χ2v) is 5.98. The molecule has 1 amide bonds. The van der Waals surface area contributed by atoms with Crippen molar-refractivity contribution in [2.75, 3.05) is 5.32 Å². The fourth-order valence-corrected chi connectivity index (χ4v) is 3.62. The Morgan fingerprint density at radius 2 is 1.86 bits per heavy atom. The summed E-state index contributed by atoms with van der Waals surface area (Å²) >= 11 is 0. The summed E-state index contributed by atoms with van der Waals surface area (Å²) in [6.07, 6.45) is 4.56. The standard InChI is InChI=1S/C16H18N2O3/c1-8-5-9(2)17-12(6-8)18-15(19)13-10-3-4-11(7-10)14(13)16(20)21/h3-6,10-11,13-14H,7H2,1-2H3,(H,20,21)(H,17,18,19)/p-1/t10-,11-,13-,14-/m0/s1. The summed E-state index contributed by atoms with van der Waals surface area (Å²) in [5, 5.41) is 14.1. The van der Waals surface area contributed by atoms with Gasteiger partial charge in [0.25, 0.3) is 0 Å². The second-order valence-electron chi connectivity index (χ2n) is 5.98. The monoisotopic (exact) mass is 285 g/mol. The van der Waals surface area contributed by atoms with Crippen LogP contribution in [0.5, 0.6) is 0 Å². The van der Waals surface area contributed by atoms with Gasteiger partial charge < -0.3 is 15.2 Å². The quantitative estimate of drug-likeness (QED) is 0.834. The van der Waals surface area contributed by atoms with Crippen molar-refractivity contribution < 1.29 is 14.7 Å². The van der Waals surface area contributed by atoms with Gasteiger partial charge in [0, 0.05) is 17.6 Å². The lowest BCUT2D eigenvalue weighted by Gasteiger charge is -2.27. The number of carboxylic acid groups (broad SMARTS) is 1. The zero-order valence-corrected chi connectivity index (χ0v) is 12.0. The molecule has 3 rings (SSSR count). The summed E-state index contributed by atoms with van der Waals surface area (Å²) in [4.78, 5) is 28.1. The highest BCUT2D eigenvalue weighted by Crippen LogP contribution is 2.48. The van der Waals surface area contributed by atoms with E-state index in [2.05, 4.69) is 10.3 Å². The average molecular weight is 285 g/mol. The maximum absolute atomic E-state index is 12.5. The van der Waals surface area contributed by atoms with Crippen molar-refractivity contribution in [3.05, 3.63) is 35.5 Å². The number of allylic oxidation sites excluding steroid dienone is 2. The number of aromatic nitrogens is 1. The van der Waals surface area contributed by atoms with Gasteiger partial charge in [-0.15, -0.1) is 0 Å². The lowest BCUT2D eigenvalue weighted by molar-refractivity contribution is -0.313. The summed E-state index contributed by atoms with van der Waals surface area (Å²) in [5.74, 6) is -2.33. The molecule has 2 aliphatic carbocycles. The van der Waals surface area contributed by atoms with Crippen molar-refractivity contribution >= 4 is 17.7 Å². The normalized spacial score (nSPS) is 29.6. The molecule has 0 unspecified atom stereocenters. The van der Waals surface area contributed by atoms with E-state index in [4.69, 9.17) is 0 Å². The fourth-order valence-electron chi connectivity index (χ4n) is 3.62. The van der Waals surface area contributed by atoms with Gasteiger partial charge in [-0.2, -0.15) is 0 Å². The highest BCUT2D eigenvalue weighted by atomic mass is 16.4. The second kappa shape index (κ2) is 4.98. The Kier molecular flexibility index (Phi) is 3.27. The van der Waals surface area contributed by atoms with Gasteiger partial charge in [0.1, 0.15) is 5.82 Å². The number of fused-ring (bicyclic) bond motifs is 2. The molecule has 5 heteroatoms. The topological polar surface area (TPSA) is 82.1 Å². The number of nitrogens with zero attached hydrogens (tertiary/aromatic N) is 1. The van der Waals surface area contributed by atoms with Crippen molar-refractivity contribution in [1.29, 1.82) is 0 Å². The molecule has 0 aromatic carbocycles. The molecule has 2 bridgehead atoms. The van der Waals surface area contributed by atoms with Crippen molar-refractivity contribution in [1.82, 2.24) is 4.98 Å². The number of pyridine rings is 1. The molecule has 0 radical (unpaired) electrons. The van der Waals surface area contributed by atoms with Crippen LogP contribution in [0.3, 0.4) is 0 Å². The van der Waals surface area contributed by atoms with Crippen LogP contribution in [0.1, 0.15) is 17.7 Å². The van der Waals surface area contributed by atoms with Crippen molar-refractivity contribution in [2.45, 2.75) is 20.3 Å². The Morgan fingerprint density at radius 1 is 1.19 bits per heavy atom. The molecular weight excluding hydrogens is 268 g/mol. The fraction of sp³-hybridized carbons (Fsp3) is 0.438. The van der Waals surface area contributed by atoms with Crippen molar-refractivity contribution in [3.8, 4) is 0 Å². The van der Waals surface area contributed by atoms with E-state index in [1.807, 2.05) is 32.1 Å². The zero-order valence-electron chi connectivity index (χ0n) is 12.0.